The first-order valence-corrected chi connectivity index (χ1v) is 10.8. The van der Waals surface area contributed by atoms with E-state index in [1.54, 1.807) is 24.3 Å². The molecular weight excluding hydrogens is 438 g/mol. The number of hydrogen-bond acceptors (Lipinski definition) is 4. The largest absolute Gasteiger partial charge is 0.350 e. The summed E-state index contributed by atoms with van der Waals surface area (Å²) in [6.45, 7) is 2.06. The number of anilines is 1. The van der Waals surface area contributed by atoms with Crippen LogP contribution in [0.3, 0.4) is 0 Å². The molecule has 3 aromatic rings. The molecule has 1 aliphatic heterocycles. The number of hydrogen-bond donors (Lipinski definition) is 2. The summed E-state index contributed by atoms with van der Waals surface area (Å²) in [6, 6.07) is 25.4. The van der Waals surface area contributed by atoms with E-state index >= 15 is 0 Å². The van der Waals surface area contributed by atoms with Gasteiger partial charge in [-0.1, -0.05) is 72.3 Å². The minimum absolute atomic E-state index is 0.0208. The van der Waals surface area contributed by atoms with Crippen LogP contribution in [-0.2, 0) is 16.1 Å². The zero-order valence-electron chi connectivity index (χ0n) is 17.9. The fourth-order valence-electron chi connectivity index (χ4n) is 3.52. The van der Waals surface area contributed by atoms with Crippen molar-refractivity contribution < 1.29 is 14.4 Å². The molecule has 4 rings (SSSR count). The number of rotatable bonds is 7. The normalized spacial score (nSPS) is 14.4. The fourth-order valence-corrected chi connectivity index (χ4v) is 3.75. The van der Waals surface area contributed by atoms with Gasteiger partial charge < -0.3 is 10.6 Å². The van der Waals surface area contributed by atoms with Crippen LogP contribution in [0.5, 0.6) is 0 Å². The Morgan fingerprint density at radius 1 is 0.879 bits per heavy atom. The minimum atomic E-state index is -0.543. The SMILES string of the molecule is C[C@H](NC(=O)c1ccc(NC2=C(Cl)C(=O)N(Cc3ccccc3)C2=O)cc1)c1ccccc1. The fraction of sp³-hybridized carbons (Fsp3) is 0.115. The number of benzene rings is 3. The third-order valence-corrected chi connectivity index (χ3v) is 5.71. The molecule has 1 atom stereocenters. The highest BCUT2D eigenvalue weighted by molar-refractivity contribution is 6.48. The first-order chi connectivity index (χ1) is 15.9. The van der Waals surface area contributed by atoms with E-state index in [0.29, 0.717) is 11.3 Å². The molecule has 33 heavy (non-hydrogen) atoms. The Kier molecular flexibility index (Phi) is 6.56. The van der Waals surface area contributed by atoms with Gasteiger partial charge in [0.05, 0.1) is 12.6 Å². The summed E-state index contributed by atoms with van der Waals surface area (Å²) in [6.07, 6.45) is 0. The molecule has 0 fully saturated rings. The lowest BCUT2D eigenvalue weighted by Gasteiger charge is -2.15. The highest BCUT2D eigenvalue weighted by atomic mass is 35.5. The molecule has 1 aliphatic rings. The van der Waals surface area contributed by atoms with E-state index in [2.05, 4.69) is 10.6 Å². The highest BCUT2D eigenvalue weighted by Crippen LogP contribution is 2.27. The summed E-state index contributed by atoms with van der Waals surface area (Å²) < 4.78 is 0. The predicted molar refractivity (Wildman–Crippen MR) is 127 cm³/mol. The highest BCUT2D eigenvalue weighted by Gasteiger charge is 2.37. The maximum absolute atomic E-state index is 12.8. The zero-order chi connectivity index (χ0) is 23.4. The third kappa shape index (κ3) is 4.96. The minimum Gasteiger partial charge on any atom is -0.350 e. The van der Waals surface area contributed by atoms with Gasteiger partial charge in [-0.05, 0) is 42.3 Å². The first kappa shape index (κ1) is 22.3. The lowest BCUT2D eigenvalue weighted by Crippen LogP contribution is -2.31. The Balaban J connectivity index is 1.41. The van der Waals surface area contributed by atoms with Crippen LogP contribution in [0.4, 0.5) is 5.69 Å². The van der Waals surface area contributed by atoms with Crippen molar-refractivity contribution in [1.82, 2.24) is 10.2 Å². The van der Waals surface area contributed by atoms with Gasteiger partial charge in [-0.15, -0.1) is 0 Å². The lowest BCUT2D eigenvalue weighted by atomic mass is 10.1. The van der Waals surface area contributed by atoms with E-state index in [-0.39, 0.29) is 29.2 Å². The summed E-state index contributed by atoms with van der Waals surface area (Å²) in [4.78, 5) is 39.0. The average molecular weight is 460 g/mol. The Morgan fingerprint density at radius 2 is 1.48 bits per heavy atom. The van der Waals surface area contributed by atoms with Crippen LogP contribution in [0.2, 0.25) is 0 Å². The summed E-state index contributed by atoms with van der Waals surface area (Å²) in [5.41, 5.74) is 2.87. The van der Waals surface area contributed by atoms with E-state index in [1.807, 2.05) is 67.6 Å². The average Bonchev–Trinajstić information content (AvgIpc) is 3.04. The number of amides is 3. The number of nitrogens with one attached hydrogen (secondary N) is 2. The van der Waals surface area contributed by atoms with Gasteiger partial charge in [0.1, 0.15) is 10.7 Å². The van der Waals surface area contributed by atoms with Gasteiger partial charge in [0.15, 0.2) is 0 Å². The smallest absolute Gasteiger partial charge is 0.279 e. The molecule has 0 spiro atoms. The maximum Gasteiger partial charge on any atom is 0.279 e. The number of carbonyl (C=O) groups excluding carboxylic acids is 3. The summed E-state index contributed by atoms with van der Waals surface area (Å²) in [5, 5.41) is 5.72. The molecule has 166 valence electrons. The Labute approximate surface area is 196 Å². The van der Waals surface area contributed by atoms with Crippen molar-refractivity contribution in [2.75, 3.05) is 5.32 Å². The monoisotopic (exact) mass is 459 g/mol. The molecule has 0 aliphatic carbocycles. The van der Waals surface area contributed by atoms with Crippen LogP contribution < -0.4 is 10.6 Å². The first-order valence-electron chi connectivity index (χ1n) is 10.5. The second-order valence-electron chi connectivity index (χ2n) is 7.68. The van der Waals surface area contributed by atoms with E-state index in [0.717, 1.165) is 16.0 Å². The van der Waals surface area contributed by atoms with Crippen molar-refractivity contribution in [3.63, 3.8) is 0 Å². The van der Waals surface area contributed by atoms with Gasteiger partial charge in [0.25, 0.3) is 17.7 Å². The van der Waals surface area contributed by atoms with Crippen LogP contribution in [0, 0.1) is 0 Å². The summed E-state index contributed by atoms with van der Waals surface area (Å²) >= 11 is 6.17. The van der Waals surface area contributed by atoms with E-state index < -0.39 is 11.8 Å². The van der Waals surface area contributed by atoms with Gasteiger partial charge >= 0.3 is 0 Å². The van der Waals surface area contributed by atoms with Crippen LogP contribution in [0.15, 0.2) is 95.7 Å². The number of carbonyl (C=O) groups is 3. The molecule has 7 heteroatoms. The molecule has 3 aromatic carbocycles. The number of nitrogens with zero attached hydrogens (tertiary/aromatic N) is 1. The maximum atomic E-state index is 12.8. The van der Waals surface area contributed by atoms with Crippen molar-refractivity contribution in [1.29, 1.82) is 0 Å². The van der Waals surface area contributed by atoms with E-state index in [9.17, 15) is 14.4 Å². The van der Waals surface area contributed by atoms with Gasteiger partial charge in [-0.2, -0.15) is 0 Å². The molecule has 0 radical (unpaired) electrons. The molecule has 0 saturated carbocycles. The van der Waals surface area contributed by atoms with Gasteiger partial charge in [-0.25, -0.2) is 0 Å². The van der Waals surface area contributed by atoms with Crippen molar-refractivity contribution in [3.8, 4) is 0 Å². The predicted octanol–water partition coefficient (Wildman–Crippen LogP) is 4.61. The van der Waals surface area contributed by atoms with Crippen molar-refractivity contribution in [2.24, 2.45) is 0 Å². The quantitative estimate of drug-likeness (QED) is 0.506. The molecule has 3 amide bonds. The molecule has 2 N–H and O–H groups in total. The summed E-state index contributed by atoms with van der Waals surface area (Å²) in [7, 11) is 0. The molecule has 0 bridgehead atoms. The second-order valence-corrected chi connectivity index (χ2v) is 8.06. The second kappa shape index (κ2) is 9.71. The number of halogens is 1. The molecule has 1 heterocycles. The van der Waals surface area contributed by atoms with E-state index in [1.165, 1.54) is 0 Å². The standard InChI is InChI=1S/C26H22ClN3O3/c1-17(19-10-6-3-7-11-19)28-24(31)20-12-14-21(15-13-20)29-23-22(27)25(32)30(26(23)33)16-18-8-4-2-5-9-18/h2-15,17,29H,16H2,1H3,(H,28,31)/t17-/m0/s1. The number of imide groups is 1. The third-order valence-electron chi connectivity index (χ3n) is 5.36. The topological polar surface area (TPSA) is 78.5 Å². The van der Waals surface area contributed by atoms with Crippen LogP contribution in [0.1, 0.15) is 34.5 Å². The van der Waals surface area contributed by atoms with Crippen molar-refractivity contribution >= 4 is 35.0 Å². The molecule has 0 aromatic heterocycles. The van der Waals surface area contributed by atoms with Crippen molar-refractivity contribution in [3.05, 3.63) is 112 Å². The van der Waals surface area contributed by atoms with Gasteiger partial charge in [0, 0.05) is 11.3 Å². The zero-order valence-corrected chi connectivity index (χ0v) is 18.7. The van der Waals surface area contributed by atoms with Crippen LogP contribution in [0.25, 0.3) is 0 Å². The van der Waals surface area contributed by atoms with Crippen LogP contribution in [-0.4, -0.2) is 22.6 Å². The van der Waals surface area contributed by atoms with Crippen molar-refractivity contribution in [2.45, 2.75) is 19.5 Å². The molecule has 6 nitrogen and oxygen atoms in total. The van der Waals surface area contributed by atoms with Gasteiger partial charge in [-0.3, -0.25) is 19.3 Å². The Bertz CT molecular complexity index is 1210. The molecular formula is C26H22ClN3O3. The molecule has 0 saturated heterocycles. The lowest BCUT2D eigenvalue weighted by molar-refractivity contribution is -0.138. The van der Waals surface area contributed by atoms with Gasteiger partial charge in [0.2, 0.25) is 0 Å². The summed E-state index contributed by atoms with van der Waals surface area (Å²) in [5.74, 6) is -1.25. The Hall–Kier alpha value is -3.90. The van der Waals surface area contributed by atoms with E-state index in [4.69, 9.17) is 11.6 Å². The molecule has 0 unspecified atom stereocenters. The van der Waals surface area contributed by atoms with Crippen LogP contribution >= 0.6 is 11.6 Å². The Morgan fingerprint density at radius 3 is 2.12 bits per heavy atom.